The van der Waals surface area contributed by atoms with Crippen LogP contribution in [0.15, 0.2) is 18.2 Å². The van der Waals surface area contributed by atoms with E-state index >= 15 is 0 Å². The third-order valence-corrected chi connectivity index (χ3v) is 5.23. The highest BCUT2D eigenvalue weighted by molar-refractivity contribution is 5.72. The predicted molar refractivity (Wildman–Crippen MR) is 104 cm³/mol. The third kappa shape index (κ3) is 4.88. The lowest BCUT2D eigenvalue weighted by Gasteiger charge is -2.43. The number of hydrogen-bond acceptors (Lipinski definition) is 5. The molecule has 1 saturated heterocycles. The van der Waals surface area contributed by atoms with Crippen molar-refractivity contribution in [3.8, 4) is 0 Å². The Balaban J connectivity index is 2.08. The molecule has 1 atom stereocenters. The van der Waals surface area contributed by atoms with Crippen LogP contribution in [0.3, 0.4) is 0 Å². The fourth-order valence-electron chi connectivity index (χ4n) is 3.52. The van der Waals surface area contributed by atoms with E-state index in [0.29, 0.717) is 6.42 Å². The Morgan fingerprint density at radius 2 is 1.88 bits per heavy atom. The highest BCUT2D eigenvalue weighted by atomic mass is 16.5. The van der Waals surface area contributed by atoms with Crippen LogP contribution in [-0.2, 0) is 9.53 Å². The van der Waals surface area contributed by atoms with Gasteiger partial charge < -0.3 is 15.4 Å². The fraction of sp³-hybridized carbons (Fsp3) is 0.650. The summed E-state index contributed by atoms with van der Waals surface area (Å²) in [7, 11) is 1.43. The molecular weight excluding hydrogens is 314 g/mol. The van der Waals surface area contributed by atoms with Gasteiger partial charge in [0.25, 0.3) is 0 Å². The van der Waals surface area contributed by atoms with Crippen molar-refractivity contribution in [1.82, 2.24) is 4.90 Å². The van der Waals surface area contributed by atoms with Gasteiger partial charge in [0.1, 0.15) is 0 Å². The number of nitrogen functional groups attached to an aromatic ring is 1. The molecule has 0 spiro atoms. The summed E-state index contributed by atoms with van der Waals surface area (Å²) >= 11 is 0. The molecule has 25 heavy (non-hydrogen) atoms. The summed E-state index contributed by atoms with van der Waals surface area (Å²) < 4.78 is 4.81. The Bertz CT molecular complexity index is 587. The van der Waals surface area contributed by atoms with Crippen LogP contribution in [0.5, 0.6) is 0 Å². The SMILES string of the molecule is CCC(CC(=O)OC)c1ccc(N2CCN(C(C)(C)C)CC2)c(N)c1. The minimum Gasteiger partial charge on any atom is -0.469 e. The molecule has 5 heteroatoms. The number of nitrogens with zero attached hydrogens (tertiary/aromatic N) is 2. The van der Waals surface area contributed by atoms with Gasteiger partial charge in [-0.05, 0) is 50.8 Å². The summed E-state index contributed by atoms with van der Waals surface area (Å²) in [6, 6.07) is 6.25. The van der Waals surface area contributed by atoms with E-state index in [1.165, 1.54) is 7.11 Å². The molecule has 1 aromatic carbocycles. The highest BCUT2D eigenvalue weighted by Crippen LogP contribution is 2.32. The maximum absolute atomic E-state index is 11.6. The van der Waals surface area contributed by atoms with E-state index in [4.69, 9.17) is 10.5 Å². The van der Waals surface area contributed by atoms with Gasteiger partial charge >= 0.3 is 5.97 Å². The predicted octanol–water partition coefficient (Wildman–Crippen LogP) is 3.25. The number of benzene rings is 1. The molecule has 1 aromatic rings. The molecule has 0 saturated carbocycles. The zero-order chi connectivity index (χ0) is 18.6. The van der Waals surface area contributed by atoms with E-state index in [1.54, 1.807) is 0 Å². The molecular formula is C20H33N3O2. The zero-order valence-electron chi connectivity index (χ0n) is 16.3. The quantitative estimate of drug-likeness (QED) is 0.654. The Morgan fingerprint density at radius 1 is 1.24 bits per heavy atom. The van der Waals surface area contributed by atoms with E-state index < -0.39 is 0 Å². The van der Waals surface area contributed by atoms with Gasteiger partial charge in [-0.3, -0.25) is 9.69 Å². The van der Waals surface area contributed by atoms with Crippen LogP contribution >= 0.6 is 0 Å². The molecule has 0 amide bonds. The second-order valence-corrected chi connectivity index (χ2v) is 7.85. The first-order chi connectivity index (χ1) is 11.8. The summed E-state index contributed by atoms with van der Waals surface area (Å²) in [6.45, 7) is 12.9. The van der Waals surface area contributed by atoms with Crippen LogP contribution < -0.4 is 10.6 Å². The Labute approximate surface area is 152 Å². The number of rotatable bonds is 5. The maximum Gasteiger partial charge on any atom is 0.306 e. The largest absolute Gasteiger partial charge is 0.469 e. The Kier molecular flexibility index (Phi) is 6.33. The van der Waals surface area contributed by atoms with Crippen molar-refractivity contribution in [2.75, 3.05) is 43.9 Å². The summed E-state index contributed by atoms with van der Waals surface area (Å²) in [4.78, 5) is 16.5. The van der Waals surface area contributed by atoms with E-state index in [1.807, 2.05) is 6.07 Å². The van der Waals surface area contributed by atoms with Crippen molar-refractivity contribution in [3.63, 3.8) is 0 Å². The smallest absolute Gasteiger partial charge is 0.306 e. The van der Waals surface area contributed by atoms with Crippen molar-refractivity contribution in [2.24, 2.45) is 0 Å². The standard InChI is InChI=1S/C20H33N3O2/c1-6-15(14-19(24)25-5)16-7-8-18(17(21)13-16)22-9-11-23(12-10-22)20(2,3)4/h7-8,13,15H,6,9-12,14,21H2,1-5H3. The van der Waals surface area contributed by atoms with Crippen molar-refractivity contribution in [1.29, 1.82) is 0 Å². The molecule has 0 radical (unpaired) electrons. The minimum absolute atomic E-state index is 0.154. The molecule has 5 nitrogen and oxygen atoms in total. The zero-order valence-corrected chi connectivity index (χ0v) is 16.3. The van der Waals surface area contributed by atoms with E-state index in [9.17, 15) is 4.79 Å². The molecule has 1 aliphatic rings. The van der Waals surface area contributed by atoms with Crippen molar-refractivity contribution < 1.29 is 9.53 Å². The normalized spacial score (nSPS) is 17.4. The van der Waals surface area contributed by atoms with Gasteiger partial charge in [-0.15, -0.1) is 0 Å². The molecule has 140 valence electrons. The molecule has 1 unspecified atom stereocenters. The number of anilines is 2. The lowest BCUT2D eigenvalue weighted by atomic mass is 9.92. The van der Waals surface area contributed by atoms with E-state index in [2.05, 4.69) is 49.6 Å². The molecule has 1 fully saturated rings. The van der Waals surface area contributed by atoms with E-state index in [0.717, 1.165) is 49.5 Å². The summed E-state index contributed by atoms with van der Waals surface area (Å²) in [6.07, 6.45) is 1.29. The number of nitrogens with two attached hydrogens (primary N) is 1. The summed E-state index contributed by atoms with van der Waals surface area (Å²) in [5.41, 5.74) is 9.58. The first-order valence-corrected chi connectivity index (χ1v) is 9.22. The van der Waals surface area contributed by atoms with Gasteiger partial charge in [-0.1, -0.05) is 13.0 Å². The lowest BCUT2D eigenvalue weighted by molar-refractivity contribution is -0.141. The van der Waals surface area contributed by atoms with Gasteiger partial charge in [0.05, 0.1) is 24.9 Å². The van der Waals surface area contributed by atoms with Gasteiger partial charge in [0, 0.05) is 31.7 Å². The molecule has 1 aliphatic heterocycles. The second-order valence-electron chi connectivity index (χ2n) is 7.85. The first kappa shape index (κ1) is 19.6. The third-order valence-electron chi connectivity index (χ3n) is 5.23. The second kappa shape index (κ2) is 8.09. The number of carbonyl (C=O) groups excluding carboxylic acids is 1. The van der Waals surface area contributed by atoms with Crippen LogP contribution in [0.1, 0.15) is 52.0 Å². The van der Waals surface area contributed by atoms with Crippen LogP contribution in [-0.4, -0.2) is 49.7 Å². The molecule has 0 aromatic heterocycles. The van der Waals surface area contributed by atoms with Crippen LogP contribution in [0.4, 0.5) is 11.4 Å². The number of methoxy groups -OCH3 is 1. The Hall–Kier alpha value is -1.75. The van der Waals surface area contributed by atoms with Crippen LogP contribution in [0, 0.1) is 0 Å². The average Bonchev–Trinajstić information content (AvgIpc) is 2.58. The van der Waals surface area contributed by atoms with Crippen LogP contribution in [0.25, 0.3) is 0 Å². The minimum atomic E-state index is -0.173. The van der Waals surface area contributed by atoms with Crippen LogP contribution in [0.2, 0.25) is 0 Å². The van der Waals surface area contributed by atoms with Gasteiger partial charge in [-0.25, -0.2) is 0 Å². The van der Waals surface area contributed by atoms with Gasteiger partial charge in [-0.2, -0.15) is 0 Å². The highest BCUT2D eigenvalue weighted by Gasteiger charge is 2.26. The molecule has 0 aliphatic carbocycles. The molecule has 0 bridgehead atoms. The first-order valence-electron chi connectivity index (χ1n) is 9.22. The fourth-order valence-corrected chi connectivity index (χ4v) is 3.52. The summed E-state index contributed by atoms with van der Waals surface area (Å²) in [5, 5.41) is 0. The van der Waals surface area contributed by atoms with Crippen molar-refractivity contribution in [2.45, 2.75) is 52.0 Å². The maximum atomic E-state index is 11.6. The Morgan fingerprint density at radius 3 is 2.36 bits per heavy atom. The van der Waals surface area contributed by atoms with Crippen molar-refractivity contribution in [3.05, 3.63) is 23.8 Å². The van der Waals surface area contributed by atoms with Crippen molar-refractivity contribution >= 4 is 17.3 Å². The van der Waals surface area contributed by atoms with E-state index in [-0.39, 0.29) is 17.4 Å². The molecule has 1 heterocycles. The molecule has 2 N–H and O–H groups in total. The molecule has 2 rings (SSSR count). The summed E-state index contributed by atoms with van der Waals surface area (Å²) in [5.74, 6) is -0.0191. The number of piperazine rings is 1. The van der Waals surface area contributed by atoms with Gasteiger partial charge in [0.15, 0.2) is 0 Å². The topological polar surface area (TPSA) is 58.8 Å². The number of esters is 1. The lowest BCUT2D eigenvalue weighted by Crippen LogP contribution is -2.53. The van der Waals surface area contributed by atoms with Gasteiger partial charge in [0.2, 0.25) is 0 Å². The number of hydrogen-bond donors (Lipinski definition) is 1. The average molecular weight is 348 g/mol. The monoisotopic (exact) mass is 347 g/mol. The number of ether oxygens (including phenoxy) is 1. The number of carbonyl (C=O) groups is 1.